The molecule has 7 nitrogen and oxygen atoms in total. The smallest absolute Gasteiger partial charge is 0.163 e. The van der Waals surface area contributed by atoms with Gasteiger partial charge in [0.2, 0.25) is 0 Å². The molecule has 25 heavy (non-hydrogen) atoms. The summed E-state index contributed by atoms with van der Waals surface area (Å²) < 4.78 is 7.72. The van der Waals surface area contributed by atoms with Crippen LogP contribution in [0.1, 0.15) is 17.4 Å². The predicted octanol–water partition coefficient (Wildman–Crippen LogP) is 2.16. The Kier molecular flexibility index (Phi) is 4.15. The molecule has 0 saturated carbocycles. The Morgan fingerprint density at radius 1 is 1.24 bits per heavy atom. The third-order valence-electron chi connectivity index (χ3n) is 4.25. The molecule has 0 bridgehead atoms. The number of aromatic nitrogens is 5. The highest BCUT2D eigenvalue weighted by atomic mass is 16.5. The van der Waals surface area contributed by atoms with Crippen molar-refractivity contribution in [2.45, 2.75) is 13.0 Å². The third-order valence-corrected chi connectivity index (χ3v) is 4.25. The average molecular weight is 336 g/mol. The summed E-state index contributed by atoms with van der Waals surface area (Å²) in [5.41, 5.74) is 2.95. The van der Waals surface area contributed by atoms with Crippen molar-refractivity contribution in [3.63, 3.8) is 0 Å². The molecule has 1 saturated heterocycles. The molecule has 4 heterocycles. The monoisotopic (exact) mass is 336 g/mol. The van der Waals surface area contributed by atoms with E-state index in [0.717, 1.165) is 35.7 Å². The van der Waals surface area contributed by atoms with Gasteiger partial charge in [0.05, 0.1) is 12.8 Å². The fourth-order valence-electron chi connectivity index (χ4n) is 3.00. The number of rotatable bonds is 3. The Balaban J connectivity index is 1.61. The summed E-state index contributed by atoms with van der Waals surface area (Å²) in [6.07, 6.45) is 7.40. The largest absolute Gasteiger partial charge is 0.370 e. The van der Waals surface area contributed by atoms with Gasteiger partial charge in [0.25, 0.3) is 0 Å². The van der Waals surface area contributed by atoms with Crippen LogP contribution in [0.5, 0.6) is 0 Å². The highest BCUT2D eigenvalue weighted by molar-refractivity contribution is 5.56. The number of aryl methyl sites for hydroxylation is 2. The lowest BCUT2D eigenvalue weighted by Gasteiger charge is -2.33. The predicted molar refractivity (Wildman–Crippen MR) is 94.1 cm³/mol. The molecule has 0 N–H and O–H groups in total. The van der Waals surface area contributed by atoms with Crippen LogP contribution in [0.15, 0.2) is 43.0 Å². The molecule has 128 valence electrons. The Bertz CT molecular complexity index is 863. The molecule has 4 rings (SSSR count). The maximum atomic E-state index is 5.93. The van der Waals surface area contributed by atoms with E-state index in [2.05, 4.69) is 20.0 Å². The third kappa shape index (κ3) is 3.36. The fourth-order valence-corrected chi connectivity index (χ4v) is 3.00. The molecule has 0 spiro atoms. The first-order chi connectivity index (χ1) is 12.2. The van der Waals surface area contributed by atoms with Crippen LogP contribution in [0.3, 0.4) is 0 Å². The highest BCUT2D eigenvalue weighted by Gasteiger charge is 2.24. The van der Waals surface area contributed by atoms with Gasteiger partial charge in [-0.15, -0.1) is 0 Å². The number of nitrogens with zero attached hydrogens (tertiary/aromatic N) is 6. The van der Waals surface area contributed by atoms with E-state index in [1.54, 1.807) is 17.1 Å². The van der Waals surface area contributed by atoms with Crippen molar-refractivity contribution in [2.75, 3.05) is 24.6 Å². The number of anilines is 1. The van der Waals surface area contributed by atoms with Crippen LogP contribution < -0.4 is 4.90 Å². The van der Waals surface area contributed by atoms with Crippen molar-refractivity contribution in [3.05, 3.63) is 54.2 Å². The standard InChI is InChI=1S/C18H20N6O/c1-13-8-17(22-18(21-13)14-4-3-5-19-9-14)24-6-7-25-16(12-24)15-10-20-23(2)11-15/h3-5,8-11,16H,6-7,12H2,1-2H3. The summed E-state index contributed by atoms with van der Waals surface area (Å²) in [7, 11) is 1.91. The van der Waals surface area contributed by atoms with Crippen LogP contribution >= 0.6 is 0 Å². The fraction of sp³-hybridized carbons (Fsp3) is 0.333. The second-order valence-corrected chi connectivity index (χ2v) is 6.19. The van der Waals surface area contributed by atoms with Gasteiger partial charge in [0, 0.05) is 61.6 Å². The summed E-state index contributed by atoms with van der Waals surface area (Å²) in [4.78, 5) is 15.7. The summed E-state index contributed by atoms with van der Waals surface area (Å²) in [6.45, 7) is 4.20. The van der Waals surface area contributed by atoms with E-state index < -0.39 is 0 Å². The lowest BCUT2D eigenvalue weighted by Crippen LogP contribution is -2.39. The number of morpholine rings is 1. The zero-order chi connectivity index (χ0) is 17.2. The molecule has 3 aromatic rings. The maximum Gasteiger partial charge on any atom is 0.163 e. The van der Waals surface area contributed by atoms with Crippen LogP contribution in [0, 0.1) is 6.92 Å². The van der Waals surface area contributed by atoms with Crippen molar-refractivity contribution in [3.8, 4) is 11.4 Å². The summed E-state index contributed by atoms with van der Waals surface area (Å²) >= 11 is 0. The highest BCUT2D eigenvalue weighted by Crippen LogP contribution is 2.26. The van der Waals surface area contributed by atoms with Gasteiger partial charge in [0.1, 0.15) is 11.9 Å². The summed E-state index contributed by atoms with van der Waals surface area (Å²) in [5.74, 6) is 1.62. The average Bonchev–Trinajstić information content (AvgIpc) is 3.08. The normalized spacial score (nSPS) is 17.7. The van der Waals surface area contributed by atoms with Crippen LogP contribution in [-0.2, 0) is 11.8 Å². The van der Waals surface area contributed by atoms with E-state index in [-0.39, 0.29) is 6.10 Å². The van der Waals surface area contributed by atoms with Crippen molar-refractivity contribution >= 4 is 5.82 Å². The Morgan fingerprint density at radius 2 is 2.16 bits per heavy atom. The van der Waals surface area contributed by atoms with Gasteiger partial charge in [0.15, 0.2) is 5.82 Å². The van der Waals surface area contributed by atoms with Gasteiger partial charge in [-0.3, -0.25) is 9.67 Å². The van der Waals surface area contributed by atoms with E-state index >= 15 is 0 Å². The first-order valence-corrected chi connectivity index (χ1v) is 8.30. The molecule has 7 heteroatoms. The first kappa shape index (κ1) is 15.7. The second kappa shape index (κ2) is 6.60. The molecule has 3 aromatic heterocycles. The number of pyridine rings is 1. The van der Waals surface area contributed by atoms with E-state index in [1.165, 1.54) is 0 Å². The van der Waals surface area contributed by atoms with Crippen molar-refractivity contribution < 1.29 is 4.74 Å². The van der Waals surface area contributed by atoms with Crippen molar-refractivity contribution in [2.24, 2.45) is 7.05 Å². The SMILES string of the molecule is Cc1cc(N2CCOC(c3cnn(C)c3)C2)nc(-c2cccnc2)n1. The molecule has 1 fully saturated rings. The molecule has 1 atom stereocenters. The maximum absolute atomic E-state index is 5.93. The van der Waals surface area contributed by atoms with E-state index in [0.29, 0.717) is 12.4 Å². The Labute approximate surface area is 146 Å². The number of hydrogen-bond donors (Lipinski definition) is 0. The minimum absolute atomic E-state index is 0.000404. The number of hydrogen-bond acceptors (Lipinski definition) is 6. The minimum Gasteiger partial charge on any atom is -0.370 e. The molecule has 0 amide bonds. The van der Waals surface area contributed by atoms with Gasteiger partial charge in [-0.1, -0.05) is 0 Å². The van der Waals surface area contributed by atoms with E-state index in [1.807, 2.05) is 44.6 Å². The molecule has 1 unspecified atom stereocenters. The van der Waals surface area contributed by atoms with Crippen LogP contribution in [0.4, 0.5) is 5.82 Å². The molecule has 1 aliphatic rings. The second-order valence-electron chi connectivity index (χ2n) is 6.19. The lowest BCUT2D eigenvalue weighted by molar-refractivity contribution is 0.0395. The van der Waals surface area contributed by atoms with Gasteiger partial charge in [-0.2, -0.15) is 5.10 Å². The van der Waals surface area contributed by atoms with Crippen LogP contribution in [-0.4, -0.2) is 44.4 Å². The lowest BCUT2D eigenvalue weighted by atomic mass is 10.1. The summed E-state index contributed by atoms with van der Waals surface area (Å²) in [6, 6.07) is 5.89. The van der Waals surface area contributed by atoms with Gasteiger partial charge < -0.3 is 9.64 Å². The zero-order valence-corrected chi connectivity index (χ0v) is 14.3. The van der Waals surface area contributed by atoms with Gasteiger partial charge in [-0.25, -0.2) is 9.97 Å². The van der Waals surface area contributed by atoms with Gasteiger partial charge in [-0.05, 0) is 19.1 Å². The van der Waals surface area contributed by atoms with Crippen molar-refractivity contribution in [1.82, 2.24) is 24.7 Å². The topological polar surface area (TPSA) is 69.0 Å². The molecular formula is C18H20N6O. The minimum atomic E-state index is -0.000404. The van der Waals surface area contributed by atoms with E-state index in [4.69, 9.17) is 9.72 Å². The zero-order valence-electron chi connectivity index (χ0n) is 14.3. The van der Waals surface area contributed by atoms with E-state index in [9.17, 15) is 0 Å². The quantitative estimate of drug-likeness (QED) is 0.730. The number of ether oxygens (including phenoxy) is 1. The van der Waals surface area contributed by atoms with Crippen LogP contribution in [0.2, 0.25) is 0 Å². The molecular weight excluding hydrogens is 316 g/mol. The molecule has 0 radical (unpaired) electrons. The van der Waals surface area contributed by atoms with Crippen molar-refractivity contribution in [1.29, 1.82) is 0 Å². The Hall–Kier alpha value is -2.80. The molecule has 0 aliphatic carbocycles. The summed E-state index contributed by atoms with van der Waals surface area (Å²) in [5, 5.41) is 4.24. The van der Waals surface area contributed by atoms with Crippen LogP contribution in [0.25, 0.3) is 11.4 Å². The molecule has 1 aliphatic heterocycles. The first-order valence-electron chi connectivity index (χ1n) is 8.30. The molecule has 0 aromatic carbocycles. The Morgan fingerprint density at radius 3 is 2.92 bits per heavy atom. The van der Waals surface area contributed by atoms with Gasteiger partial charge >= 0.3 is 0 Å².